The van der Waals surface area contributed by atoms with Crippen LogP contribution in [0.1, 0.15) is 45.6 Å². The summed E-state index contributed by atoms with van der Waals surface area (Å²) in [5.41, 5.74) is 1.16. The number of hydrogen-bond donors (Lipinski definition) is 3. The quantitative estimate of drug-likeness (QED) is 0.599. The van der Waals surface area contributed by atoms with Crippen molar-refractivity contribution < 1.29 is 5.11 Å². The molecule has 1 heterocycles. The van der Waals surface area contributed by atoms with Gasteiger partial charge in [-0.1, -0.05) is 13.3 Å². The Balaban J connectivity index is 2.67. The molecule has 0 fully saturated rings. The molecule has 3 N–H and O–H groups in total. The smallest absolute Gasteiger partial charge is 0.134 e. The maximum Gasteiger partial charge on any atom is 0.134 e. The fourth-order valence-corrected chi connectivity index (χ4v) is 1.98. The van der Waals surface area contributed by atoms with Crippen LogP contribution < -0.4 is 10.6 Å². The summed E-state index contributed by atoms with van der Waals surface area (Å²) in [5, 5.41) is 15.9. The Morgan fingerprint density at radius 3 is 2.47 bits per heavy atom. The van der Waals surface area contributed by atoms with E-state index in [1.807, 2.05) is 6.92 Å². The molecule has 0 spiro atoms. The molecule has 19 heavy (non-hydrogen) atoms. The van der Waals surface area contributed by atoms with Gasteiger partial charge in [0.15, 0.2) is 0 Å². The number of rotatable bonds is 9. The van der Waals surface area contributed by atoms with Crippen LogP contribution in [0.5, 0.6) is 0 Å². The van der Waals surface area contributed by atoms with E-state index in [4.69, 9.17) is 0 Å². The van der Waals surface area contributed by atoms with Gasteiger partial charge in [-0.2, -0.15) is 0 Å². The molecule has 1 unspecified atom stereocenters. The van der Waals surface area contributed by atoms with Gasteiger partial charge in [-0.25, -0.2) is 9.97 Å². The van der Waals surface area contributed by atoms with Gasteiger partial charge < -0.3 is 15.7 Å². The summed E-state index contributed by atoms with van der Waals surface area (Å²) in [7, 11) is 0. The first kappa shape index (κ1) is 15.7. The second kappa shape index (κ2) is 8.69. The highest BCUT2D eigenvalue weighted by molar-refractivity contribution is 5.57. The Morgan fingerprint density at radius 2 is 1.89 bits per heavy atom. The first-order valence-electron chi connectivity index (χ1n) is 7.18. The molecule has 108 valence electrons. The summed E-state index contributed by atoms with van der Waals surface area (Å²) in [6.45, 7) is 7.71. The van der Waals surface area contributed by atoms with Crippen molar-refractivity contribution in [3.05, 3.63) is 11.9 Å². The molecule has 0 aliphatic heterocycles. The van der Waals surface area contributed by atoms with Crippen LogP contribution in [0.15, 0.2) is 6.33 Å². The first-order valence-corrected chi connectivity index (χ1v) is 7.18. The maximum absolute atomic E-state index is 9.24. The van der Waals surface area contributed by atoms with Crippen LogP contribution >= 0.6 is 0 Å². The van der Waals surface area contributed by atoms with E-state index in [1.165, 1.54) is 0 Å². The van der Waals surface area contributed by atoms with Gasteiger partial charge in [0.2, 0.25) is 0 Å². The number of aliphatic hydroxyl groups is 1. The largest absolute Gasteiger partial charge is 0.393 e. The van der Waals surface area contributed by atoms with Gasteiger partial charge >= 0.3 is 0 Å². The zero-order valence-electron chi connectivity index (χ0n) is 12.2. The van der Waals surface area contributed by atoms with Crippen molar-refractivity contribution in [2.75, 3.05) is 23.7 Å². The third-order valence-corrected chi connectivity index (χ3v) is 2.88. The van der Waals surface area contributed by atoms with Gasteiger partial charge in [0.1, 0.15) is 18.0 Å². The minimum absolute atomic E-state index is 0.236. The normalized spacial score (nSPS) is 12.2. The molecule has 0 aliphatic rings. The van der Waals surface area contributed by atoms with Crippen LogP contribution in [0.2, 0.25) is 0 Å². The molecule has 1 rings (SSSR count). The summed E-state index contributed by atoms with van der Waals surface area (Å²) < 4.78 is 0. The Morgan fingerprint density at radius 1 is 1.21 bits per heavy atom. The molecular formula is C14H26N4O. The van der Waals surface area contributed by atoms with Crippen LogP contribution in [0, 0.1) is 0 Å². The lowest BCUT2D eigenvalue weighted by atomic mass is 10.1. The van der Waals surface area contributed by atoms with Gasteiger partial charge in [-0.15, -0.1) is 0 Å². The molecule has 5 nitrogen and oxygen atoms in total. The second-order valence-electron chi connectivity index (χ2n) is 4.75. The van der Waals surface area contributed by atoms with Crippen LogP contribution in [0.25, 0.3) is 0 Å². The lowest BCUT2D eigenvalue weighted by molar-refractivity contribution is 0.183. The number of hydrogen-bond acceptors (Lipinski definition) is 5. The highest BCUT2D eigenvalue weighted by Crippen LogP contribution is 2.21. The second-order valence-corrected chi connectivity index (χ2v) is 4.75. The summed E-state index contributed by atoms with van der Waals surface area (Å²) in [6, 6.07) is 0. The number of nitrogens with one attached hydrogen (secondary N) is 2. The molecular weight excluding hydrogens is 240 g/mol. The Bertz CT molecular complexity index is 368. The Hall–Kier alpha value is -1.36. The zero-order valence-corrected chi connectivity index (χ0v) is 12.2. The standard InChI is InChI=1S/C14H26N4O/c1-4-7-12-13(15-5-2)17-10-18-14(12)16-9-6-8-11(3)19/h10-11,19H,4-9H2,1-3H3,(H2,15,16,17,18). The van der Waals surface area contributed by atoms with Gasteiger partial charge in [-0.3, -0.25) is 0 Å². The van der Waals surface area contributed by atoms with E-state index in [0.29, 0.717) is 0 Å². The Kier molecular flexibility index (Phi) is 7.18. The van der Waals surface area contributed by atoms with Crippen molar-refractivity contribution in [3.63, 3.8) is 0 Å². The maximum atomic E-state index is 9.24. The van der Waals surface area contributed by atoms with E-state index in [0.717, 1.165) is 56.0 Å². The average molecular weight is 266 g/mol. The molecule has 1 aromatic heterocycles. The SMILES string of the molecule is CCCc1c(NCC)ncnc1NCCCC(C)O. The third kappa shape index (κ3) is 5.42. The average Bonchev–Trinajstić information content (AvgIpc) is 2.38. The predicted molar refractivity (Wildman–Crippen MR) is 79.6 cm³/mol. The first-order chi connectivity index (χ1) is 9.19. The summed E-state index contributed by atoms with van der Waals surface area (Å²) in [6.07, 6.45) is 5.12. The molecule has 0 saturated carbocycles. The van der Waals surface area contributed by atoms with Crippen LogP contribution in [-0.4, -0.2) is 34.3 Å². The van der Waals surface area contributed by atoms with Gasteiger partial charge in [0.25, 0.3) is 0 Å². The highest BCUT2D eigenvalue weighted by atomic mass is 16.3. The number of anilines is 2. The van der Waals surface area contributed by atoms with E-state index in [1.54, 1.807) is 6.33 Å². The molecule has 1 aromatic rings. The molecule has 0 aliphatic carbocycles. The minimum atomic E-state index is -0.236. The highest BCUT2D eigenvalue weighted by Gasteiger charge is 2.09. The predicted octanol–water partition coefficient (Wildman–Crippen LogP) is 2.43. The lowest BCUT2D eigenvalue weighted by Gasteiger charge is -2.14. The van der Waals surface area contributed by atoms with Crippen molar-refractivity contribution >= 4 is 11.6 Å². The van der Waals surface area contributed by atoms with Crippen molar-refractivity contribution in [3.8, 4) is 0 Å². The monoisotopic (exact) mass is 266 g/mol. The minimum Gasteiger partial charge on any atom is -0.393 e. The van der Waals surface area contributed by atoms with Crippen molar-refractivity contribution in [2.45, 2.75) is 52.6 Å². The van der Waals surface area contributed by atoms with Gasteiger partial charge in [-0.05, 0) is 33.1 Å². The molecule has 0 amide bonds. The van der Waals surface area contributed by atoms with E-state index in [-0.39, 0.29) is 6.10 Å². The number of aliphatic hydroxyl groups excluding tert-OH is 1. The van der Waals surface area contributed by atoms with Crippen molar-refractivity contribution in [1.29, 1.82) is 0 Å². The van der Waals surface area contributed by atoms with Crippen LogP contribution in [0.4, 0.5) is 11.6 Å². The molecule has 0 aromatic carbocycles. The summed E-state index contributed by atoms with van der Waals surface area (Å²) >= 11 is 0. The molecule has 0 radical (unpaired) electrons. The fraction of sp³-hybridized carbons (Fsp3) is 0.714. The van der Waals surface area contributed by atoms with Crippen LogP contribution in [-0.2, 0) is 6.42 Å². The van der Waals surface area contributed by atoms with E-state index < -0.39 is 0 Å². The van der Waals surface area contributed by atoms with E-state index >= 15 is 0 Å². The topological polar surface area (TPSA) is 70.1 Å². The van der Waals surface area contributed by atoms with E-state index in [9.17, 15) is 5.11 Å². The number of aromatic nitrogens is 2. The van der Waals surface area contributed by atoms with Gasteiger partial charge in [0.05, 0.1) is 6.10 Å². The van der Waals surface area contributed by atoms with Crippen molar-refractivity contribution in [2.24, 2.45) is 0 Å². The molecule has 5 heteroatoms. The molecule has 0 bridgehead atoms. The summed E-state index contributed by atoms with van der Waals surface area (Å²) in [5.74, 6) is 1.84. The molecule has 1 atom stereocenters. The third-order valence-electron chi connectivity index (χ3n) is 2.88. The van der Waals surface area contributed by atoms with Crippen molar-refractivity contribution in [1.82, 2.24) is 9.97 Å². The Labute approximate surface area is 115 Å². The lowest BCUT2D eigenvalue weighted by Crippen LogP contribution is -2.12. The number of nitrogens with zero attached hydrogens (tertiary/aromatic N) is 2. The van der Waals surface area contributed by atoms with Crippen LogP contribution in [0.3, 0.4) is 0 Å². The zero-order chi connectivity index (χ0) is 14.1. The fourth-order valence-electron chi connectivity index (χ4n) is 1.98. The summed E-state index contributed by atoms with van der Waals surface area (Å²) in [4.78, 5) is 8.63. The van der Waals surface area contributed by atoms with E-state index in [2.05, 4.69) is 34.4 Å². The molecule has 0 saturated heterocycles. The van der Waals surface area contributed by atoms with Gasteiger partial charge in [0, 0.05) is 18.7 Å².